The van der Waals surface area contributed by atoms with Gasteiger partial charge in [0.1, 0.15) is 5.84 Å². The van der Waals surface area contributed by atoms with Gasteiger partial charge in [-0.15, -0.1) is 0 Å². The maximum Gasteiger partial charge on any atom is 0.242 e. The van der Waals surface area contributed by atoms with E-state index in [1.165, 1.54) is 0 Å². The fourth-order valence-corrected chi connectivity index (χ4v) is 3.17. The molecule has 2 aliphatic rings. The van der Waals surface area contributed by atoms with Crippen LogP contribution in [0, 0.1) is 0 Å². The lowest BCUT2D eigenvalue weighted by Gasteiger charge is -2.17. The molecule has 1 aromatic carbocycles. The number of rotatable bonds is 2. The van der Waals surface area contributed by atoms with Gasteiger partial charge < -0.3 is 10.4 Å². The zero-order chi connectivity index (χ0) is 16.6. The van der Waals surface area contributed by atoms with Crippen molar-refractivity contribution in [2.45, 2.75) is 25.0 Å². The Bertz CT molecular complexity index is 652. The summed E-state index contributed by atoms with van der Waals surface area (Å²) in [6.45, 7) is 1.18. The third-order valence-electron chi connectivity index (χ3n) is 4.10. The van der Waals surface area contributed by atoms with Crippen LogP contribution >= 0.6 is 23.2 Å². The van der Waals surface area contributed by atoms with Crippen molar-refractivity contribution in [2.24, 2.45) is 5.10 Å². The number of likely N-dealkylation sites (N-methyl/N-ethyl adjacent to an activating group) is 1. The second-order valence-electron chi connectivity index (χ2n) is 5.85. The lowest BCUT2D eigenvalue weighted by atomic mass is 10.2. The summed E-state index contributed by atoms with van der Waals surface area (Å²) in [4.78, 5) is 14.2. The van der Waals surface area contributed by atoms with E-state index in [1.54, 1.807) is 17.1 Å². The molecule has 1 aromatic rings. The van der Waals surface area contributed by atoms with E-state index in [-0.39, 0.29) is 11.9 Å². The van der Waals surface area contributed by atoms with E-state index in [0.29, 0.717) is 41.8 Å². The van der Waals surface area contributed by atoms with Gasteiger partial charge in [0.2, 0.25) is 5.91 Å². The van der Waals surface area contributed by atoms with Crippen LogP contribution in [0.5, 0.6) is 0 Å². The second kappa shape index (κ2) is 6.65. The lowest BCUT2D eigenvalue weighted by molar-refractivity contribution is -0.123. The lowest BCUT2D eigenvalue weighted by Crippen LogP contribution is -2.43. The van der Waals surface area contributed by atoms with Crippen LogP contribution in [0.15, 0.2) is 23.3 Å². The summed E-state index contributed by atoms with van der Waals surface area (Å²) < 4.78 is 0. The number of likely N-dealkylation sites (tertiary alicyclic amines) is 1. The molecule has 0 spiro atoms. The average Bonchev–Trinajstić information content (AvgIpc) is 3.08. The predicted octanol–water partition coefficient (Wildman–Crippen LogP) is 1.70. The van der Waals surface area contributed by atoms with Crippen LogP contribution in [0.1, 0.15) is 12.8 Å². The minimum atomic E-state index is -0.450. The Morgan fingerprint density at radius 2 is 2.17 bits per heavy atom. The quantitative estimate of drug-likeness (QED) is 0.846. The summed E-state index contributed by atoms with van der Waals surface area (Å²) in [6, 6.07) is 5.00. The van der Waals surface area contributed by atoms with Crippen molar-refractivity contribution < 1.29 is 9.90 Å². The molecule has 1 amide bonds. The molecule has 0 aliphatic carbocycles. The number of aliphatic hydroxyl groups is 1. The first-order valence-corrected chi connectivity index (χ1v) is 8.19. The largest absolute Gasteiger partial charge is 0.392 e. The van der Waals surface area contributed by atoms with Crippen LogP contribution < -0.4 is 10.3 Å². The van der Waals surface area contributed by atoms with Gasteiger partial charge in [-0.1, -0.05) is 23.2 Å². The number of hydrogen-bond acceptors (Lipinski definition) is 5. The molecule has 1 fully saturated rings. The standard InChI is InChI=1S/C15H18Cl2N4O2/c1-20-8-10(22)7-13(20)15(23)18-14-4-5-21(19-14)9-2-3-11(16)12(17)6-9/h2-3,6,10,13,22H,4-5,7-8H2,1H3,(H,18,19,23)/t10-,13-/m0/s1. The zero-order valence-corrected chi connectivity index (χ0v) is 14.2. The number of amidine groups is 1. The molecule has 0 bridgehead atoms. The fraction of sp³-hybridized carbons (Fsp3) is 0.467. The number of amides is 1. The topological polar surface area (TPSA) is 68.2 Å². The molecule has 0 radical (unpaired) electrons. The molecule has 0 unspecified atom stereocenters. The summed E-state index contributed by atoms with van der Waals surface area (Å²) in [5, 5.41) is 19.7. The number of aliphatic hydroxyl groups excluding tert-OH is 1. The molecule has 2 heterocycles. The van der Waals surface area contributed by atoms with Crippen LogP contribution in [0.4, 0.5) is 5.69 Å². The Kier molecular flexibility index (Phi) is 4.77. The van der Waals surface area contributed by atoms with Crippen molar-refractivity contribution in [3.8, 4) is 0 Å². The van der Waals surface area contributed by atoms with E-state index in [1.807, 2.05) is 18.0 Å². The third-order valence-corrected chi connectivity index (χ3v) is 4.84. The molecule has 6 nitrogen and oxygen atoms in total. The van der Waals surface area contributed by atoms with Crippen molar-refractivity contribution in [1.29, 1.82) is 0 Å². The number of hydrazone groups is 1. The highest BCUT2D eigenvalue weighted by atomic mass is 35.5. The highest BCUT2D eigenvalue weighted by molar-refractivity contribution is 6.42. The van der Waals surface area contributed by atoms with Gasteiger partial charge in [0.25, 0.3) is 0 Å². The number of nitrogens with one attached hydrogen (secondary N) is 1. The number of nitrogens with zero attached hydrogens (tertiary/aromatic N) is 3. The van der Waals surface area contributed by atoms with E-state index in [9.17, 15) is 9.90 Å². The molecule has 23 heavy (non-hydrogen) atoms. The Morgan fingerprint density at radius 1 is 1.39 bits per heavy atom. The first-order valence-electron chi connectivity index (χ1n) is 7.43. The number of β-amino-alcohol motifs (C(OH)–C–C–N with tert-alkyl or cyclic N) is 1. The monoisotopic (exact) mass is 356 g/mol. The molecule has 124 valence electrons. The highest BCUT2D eigenvalue weighted by Gasteiger charge is 2.34. The smallest absolute Gasteiger partial charge is 0.242 e. The van der Waals surface area contributed by atoms with Gasteiger partial charge in [-0.05, 0) is 31.7 Å². The normalized spacial score (nSPS) is 24.9. The maximum atomic E-state index is 12.3. The van der Waals surface area contributed by atoms with Crippen molar-refractivity contribution >= 4 is 40.6 Å². The van der Waals surface area contributed by atoms with Gasteiger partial charge in [-0.2, -0.15) is 5.10 Å². The van der Waals surface area contributed by atoms with Crippen molar-refractivity contribution in [1.82, 2.24) is 10.2 Å². The minimum absolute atomic E-state index is 0.126. The second-order valence-corrected chi connectivity index (χ2v) is 6.67. The van der Waals surface area contributed by atoms with Crippen LogP contribution in [-0.2, 0) is 4.79 Å². The van der Waals surface area contributed by atoms with Gasteiger partial charge in [-0.3, -0.25) is 14.7 Å². The van der Waals surface area contributed by atoms with Gasteiger partial charge >= 0.3 is 0 Å². The molecule has 0 aromatic heterocycles. The molecular formula is C15H18Cl2N4O2. The Hall–Kier alpha value is -1.34. The van der Waals surface area contributed by atoms with Crippen LogP contribution in [-0.4, -0.2) is 54.0 Å². The van der Waals surface area contributed by atoms with E-state index < -0.39 is 6.10 Å². The Balaban J connectivity index is 1.65. The van der Waals surface area contributed by atoms with E-state index in [4.69, 9.17) is 23.2 Å². The maximum absolute atomic E-state index is 12.3. The highest BCUT2D eigenvalue weighted by Crippen LogP contribution is 2.28. The first-order chi connectivity index (χ1) is 10.9. The zero-order valence-electron chi connectivity index (χ0n) is 12.7. The summed E-state index contributed by atoms with van der Waals surface area (Å²) >= 11 is 11.9. The van der Waals surface area contributed by atoms with Crippen molar-refractivity contribution in [2.75, 3.05) is 25.1 Å². The first kappa shape index (κ1) is 16.5. The number of carbonyl (C=O) groups is 1. The fourth-order valence-electron chi connectivity index (χ4n) is 2.88. The minimum Gasteiger partial charge on any atom is -0.392 e. The number of hydrogen-bond donors (Lipinski definition) is 2. The SMILES string of the molecule is CN1C[C@@H](O)C[C@H]1C(=O)NC1=NN(c2ccc(Cl)c(Cl)c2)CC1. The number of anilines is 1. The van der Waals surface area contributed by atoms with E-state index >= 15 is 0 Å². The van der Waals surface area contributed by atoms with E-state index in [2.05, 4.69) is 10.4 Å². The van der Waals surface area contributed by atoms with Gasteiger partial charge in [0, 0.05) is 19.5 Å². The summed E-state index contributed by atoms with van der Waals surface area (Å²) in [6.07, 6.45) is 0.644. The molecule has 0 saturated carbocycles. The molecule has 3 rings (SSSR count). The molecule has 2 aliphatic heterocycles. The van der Waals surface area contributed by atoms with Gasteiger partial charge in [0.05, 0.1) is 27.9 Å². The number of halogens is 2. The number of carbonyl (C=O) groups excluding carboxylic acids is 1. The van der Waals surface area contributed by atoms with Crippen LogP contribution in [0.25, 0.3) is 0 Å². The Labute approximate surface area is 144 Å². The summed E-state index contributed by atoms with van der Waals surface area (Å²) in [5.41, 5.74) is 0.831. The molecule has 8 heteroatoms. The summed E-state index contributed by atoms with van der Waals surface area (Å²) in [7, 11) is 1.83. The third kappa shape index (κ3) is 3.61. The summed E-state index contributed by atoms with van der Waals surface area (Å²) in [5.74, 6) is 0.495. The predicted molar refractivity (Wildman–Crippen MR) is 91.0 cm³/mol. The van der Waals surface area contributed by atoms with Crippen LogP contribution in [0.2, 0.25) is 10.0 Å². The van der Waals surface area contributed by atoms with Crippen molar-refractivity contribution in [3.63, 3.8) is 0 Å². The average molecular weight is 357 g/mol. The van der Waals surface area contributed by atoms with Gasteiger partial charge in [-0.25, -0.2) is 0 Å². The number of benzene rings is 1. The molecule has 2 atom stereocenters. The van der Waals surface area contributed by atoms with Crippen LogP contribution in [0.3, 0.4) is 0 Å². The molecule has 2 N–H and O–H groups in total. The van der Waals surface area contributed by atoms with Crippen molar-refractivity contribution in [3.05, 3.63) is 28.2 Å². The molecular weight excluding hydrogens is 339 g/mol. The molecule has 1 saturated heterocycles. The van der Waals surface area contributed by atoms with E-state index in [0.717, 1.165) is 5.69 Å². The van der Waals surface area contributed by atoms with Gasteiger partial charge in [0.15, 0.2) is 0 Å². The Morgan fingerprint density at radius 3 is 2.83 bits per heavy atom.